The maximum atomic E-state index is 13.3. The molecule has 1 N–H and O–H groups in total. The molecule has 2 aromatic carbocycles. The number of carbonyl (C=O) groups excluding carboxylic acids is 1. The van der Waals surface area contributed by atoms with E-state index in [0.717, 1.165) is 17.9 Å². The summed E-state index contributed by atoms with van der Waals surface area (Å²) in [6, 6.07) is 11.7. The molecule has 3 aromatic rings. The van der Waals surface area contributed by atoms with Gasteiger partial charge in [-0.05, 0) is 42.5 Å². The van der Waals surface area contributed by atoms with E-state index in [-0.39, 0.29) is 30.2 Å². The molecule has 0 fully saturated rings. The van der Waals surface area contributed by atoms with Gasteiger partial charge in [-0.1, -0.05) is 5.16 Å². The Morgan fingerprint density at radius 3 is 2.52 bits per heavy atom. The Labute approximate surface area is 153 Å². The molecule has 0 saturated heterocycles. The molecule has 1 aromatic heterocycles. The van der Waals surface area contributed by atoms with Gasteiger partial charge in [0.1, 0.15) is 18.1 Å². The normalized spacial score (nSPS) is 10.5. The van der Waals surface area contributed by atoms with Gasteiger partial charge in [0.05, 0.1) is 13.7 Å². The number of nitrogens with zero attached hydrogens (tertiary/aromatic N) is 1. The fraction of sp³-hybridized carbons (Fsp3) is 0.158. The average Bonchev–Trinajstić information content (AvgIpc) is 3.18. The third-order valence-electron chi connectivity index (χ3n) is 3.66. The van der Waals surface area contributed by atoms with Gasteiger partial charge >= 0.3 is 0 Å². The number of carbonyl (C=O) groups is 1. The van der Waals surface area contributed by atoms with Crippen LogP contribution in [0, 0.1) is 11.6 Å². The average molecular weight is 374 g/mol. The molecule has 0 aliphatic rings. The number of nitrogens with one attached hydrogen (secondary N) is 1. The Kier molecular flexibility index (Phi) is 5.65. The Bertz CT molecular complexity index is 926. The van der Waals surface area contributed by atoms with Crippen molar-refractivity contribution in [2.45, 2.75) is 0 Å². The molecule has 0 aliphatic heterocycles. The van der Waals surface area contributed by atoms with Crippen LogP contribution in [-0.4, -0.2) is 31.3 Å². The maximum absolute atomic E-state index is 13.3. The smallest absolute Gasteiger partial charge is 0.273 e. The van der Waals surface area contributed by atoms with Crippen molar-refractivity contribution in [2.75, 3.05) is 20.3 Å². The molecular weight excluding hydrogens is 358 g/mol. The first-order valence-corrected chi connectivity index (χ1v) is 8.04. The van der Waals surface area contributed by atoms with Crippen molar-refractivity contribution < 1.29 is 27.6 Å². The zero-order valence-electron chi connectivity index (χ0n) is 14.4. The molecule has 0 spiro atoms. The van der Waals surface area contributed by atoms with Crippen LogP contribution in [0.3, 0.4) is 0 Å². The Morgan fingerprint density at radius 2 is 1.81 bits per heavy atom. The molecule has 6 nitrogen and oxygen atoms in total. The minimum atomic E-state index is -1.01. The summed E-state index contributed by atoms with van der Waals surface area (Å²) in [6.07, 6.45) is 0. The molecule has 0 aliphatic carbocycles. The van der Waals surface area contributed by atoms with Crippen LogP contribution >= 0.6 is 0 Å². The lowest BCUT2D eigenvalue weighted by Gasteiger charge is -2.07. The second-order valence-corrected chi connectivity index (χ2v) is 5.49. The van der Waals surface area contributed by atoms with Gasteiger partial charge in [-0.3, -0.25) is 4.79 Å². The van der Waals surface area contributed by atoms with Gasteiger partial charge in [0, 0.05) is 11.6 Å². The van der Waals surface area contributed by atoms with E-state index in [2.05, 4.69) is 10.5 Å². The first kappa shape index (κ1) is 18.4. The number of halogens is 2. The number of methoxy groups -OCH3 is 1. The Morgan fingerprint density at radius 1 is 1.07 bits per heavy atom. The monoisotopic (exact) mass is 374 g/mol. The number of hydrogen-bond acceptors (Lipinski definition) is 5. The zero-order valence-corrected chi connectivity index (χ0v) is 14.4. The lowest BCUT2D eigenvalue weighted by molar-refractivity contribution is 0.0938. The number of benzene rings is 2. The van der Waals surface area contributed by atoms with Crippen molar-refractivity contribution in [1.82, 2.24) is 10.5 Å². The number of amides is 1. The van der Waals surface area contributed by atoms with E-state index in [1.165, 1.54) is 12.1 Å². The molecule has 0 radical (unpaired) electrons. The predicted molar refractivity (Wildman–Crippen MR) is 92.7 cm³/mol. The number of rotatable bonds is 7. The van der Waals surface area contributed by atoms with Crippen LogP contribution in [0.4, 0.5) is 8.78 Å². The van der Waals surface area contributed by atoms with Crippen molar-refractivity contribution in [3.63, 3.8) is 0 Å². The van der Waals surface area contributed by atoms with Crippen LogP contribution in [0.5, 0.6) is 11.5 Å². The van der Waals surface area contributed by atoms with E-state index in [1.807, 2.05) is 0 Å². The van der Waals surface area contributed by atoms with E-state index in [4.69, 9.17) is 14.0 Å². The zero-order chi connectivity index (χ0) is 19.2. The summed E-state index contributed by atoms with van der Waals surface area (Å²) in [5.74, 6) is -0.913. The van der Waals surface area contributed by atoms with Crippen LogP contribution in [-0.2, 0) is 0 Å². The van der Waals surface area contributed by atoms with E-state index < -0.39 is 17.5 Å². The summed E-state index contributed by atoms with van der Waals surface area (Å²) in [6.45, 7) is 0.504. The molecule has 1 amide bonds. The molecule has 3 rings (SSSR count). The van der Waals surface area contributed by atoms with Crippen molar-refractivity contribution in [3.05, 3.63) is 65.9 Å². The van der Waals surface area contributed by atoms with Gasteiger partial charge in [0.2, 0.25) is 0 Å². The standard InChI is InChI=1S/C19H16F2N2O4/c1-25-13-3-5-14(6-4-13)26-9-8-22-19(24)17-11-18(27-23-17)12-2-7-15(20)16(21)10-12/h2-7,10-11H,8-9H2,1H3,(H,22,24). The van der Waals surface area contributed by atoms with E-state index in [1.54, 1.807) is 31.4 Å². The molecule has 0 saturated carbocycles. The van der Waals surface area contributed by atoms with Gasteiger partial charge in [-0.25, -0.2) is 8.78 Å². The lowest BCUT2D eigenvalue weighted by Crippen LogP contribution is -2.28. The van der Waals surface area contributed by atoms with Crippen LogP contribution in [0.2, 0.25) is 0 Å². The number of hydrogen-bond donors (Lipinski definition) is 1. The van der Waals surface area contributed by atoms with Crippen LogP contribution in [0.15, 0.2) is 53.1 Å². The summed E-state index contributed by atoms with van der Waals surface area (Å²) in [5, 5.41) is 6.27. The molecule has 27 heavy (non-hydrogen) atoms. The highest BCUT2D eigenvalue weighted by molar-refractivity contribution is 5.93. The maximum Gasteiger partial charge on any atom is 0.273 e. The molecule has 140 valence electrons. The minimum Gasteiger partial charge on any atom is -0.497 e. The highest BCUT2D eigenvalue weighted by Gasteiger charge is 2.14. The molecule has 0 bridgehead atoms. The molecule has 0 atom stereocenters. The highest BCUT2D eigenvalue weighted by atomic mass is 19.2. The van der Waals surface area contributed by atoms with Gasteiger partial charge in [-0.2, -0.15) is 0 Å². The third kappa shape index (κ3) is 4.60. The summed E-state index contributed by atoms with van der Waals surface area (Å²) >= 11 is 0. The van der Waals surface area contributed by atoms with Gasteiger partial charge < -0.3 is 19.3 Å². The van der Waals surface area contributed by atoms with Crippen molar-refractivity contribution in [1.29, 1.82) is 0 Å². The fourth-order valence-corrected chi connectivity index (χ4v) is 2.26. The Balaban J connectivity index is 1.51. The minimum absolute atomic E-state index is 0.0270. The first-order valence-electron chi connectivity index (χ1n) is 8.04. The highest BCUT2D eigenvalue weighted by Crippen LogP contribution is 2.22. The van der Waals surface area contributed by atoms with E-state index in [0.29, 0.717) is 5.75 Å². The summed E-state index contributed by atoms with van der Waals surface area (Å²) in [5.41, 5.74) is 0.308. The summed E-state index contributed by atoms with van der Waals surface area (Å²) in [4.78, 5) is 12.1. The van der Waals surface area contributed by atoms with E-state index in [9.17, 15) is 13.6 Å². The van der Waals surface area contributed by atoms with Crippen molar-refractivity contribution in [2.24, 2.45) is 0 Å². The molecule has 0 unspecified atom stereocenters. The summed E-state index contributed by atoms with van der Waals surface area (Å²) in [7, 11) is 1.58. The van der Waals surface area contributed by atoms with Gasteiger partial charge in [0.25, 0.3) is 5.91 Å². The summed E-state index contributed by atoms with van der Waals surface area (Å²) < 4.78 is 41.8. The van der Waals surface area contributed by atoms with Gasteiger partial charge in [-0.15, -0.1) is 0 Å². The lowest BCUT2D eigenvalue weighted by atomic mass is 10.1. The Hall–Kier alpha value is -3.42. The van der Waals surface area contributed by atoms with Gasteiger partial charge in [0.15, 0.2) is 23.1 Å². The topological polar surface area (TPSA) is 73.6 Å². The molecule has 8 heteroatoms. The second kappa shape index (κ2) is 8.31. The van der Waals surface area contributed by atoms with E-state index >= 15 is 0 Å². The molecular formula is C19H16F2N2O4. The van der Waals surface area contributed by atoms with Crippen LogP contribution in [0.25, 0.3) is 11.3 Å². The van der Waals surface area contributed by atoms with Crippen molar-refractivity contribution >= 4 is 5.91 Å². The number of aromatic nitrogens is 1. The van der Waals surface area contributed by atoms with Crippen LogP contribution in [0.1, 0.15) is 10.5 Å². The number of ether oxygens (including phenoxy) is 2. The largest absolute Gasteiger partial charge is 0.497 e. The fourth-order valence-electron chi connectivity index (χ4n) is 2.26. The molecule has 1 heterocycles. The SMILES string of the molecule is COc1ccc(OCCNC(=O)c2cc(-c3ccc(F)c(F)c3)on2)cc1. The first-order chi connectivity index (χ1) is 13.1. The quantitative estimate of drug-likeness (QED) is 0.642. The second-order valence-electron chi connectivity index (χ2n) is 5.49. The predicted octanol–water partition coefficient (Wildman–Crippen LogP) is 3.44. The third-order valence-corrected chi connectivity index (χ3v) is 3.66. The van der Waals surface area contributed by atoms with Crippen LogP contribution < -0.4 is 14.8 Å². The van der Waals surface area contributed by atoms with Crippen molar-refractivity contribution in [3.8, 4) is 22.8 Å².